The predicted molar refractivity (Wildman–Crippen MR) is 154 cm³/mol. The number of aromatic hydroxyl groups is 2. The second kappa shape index (κ2) is 11.6. The third-order valence-corrected chi connectivity index (χ3v) is 8.04. The Morgan fingerprint density at radius 1 is 0.825 bits per heavy atom. The van der Waals surface area contributed by atoms with Crippen molar-refractivity contribution in [3.63, 3.8) is 0 Å². The van der Waals surface area contributed by atoms with Gasteiger partial charge >= 0.3 is 0 Å². The lowest BCUT2D eigenvalue weighted by Crippen LogP contribution is -2.05. The van der Waals surface area contributed by atoms with Gasteiger partial charge in [-0.15, -0.1) is 15.3 Å². The van der Waals surface area contributed by atoms with Gasteiger partial charge in [0.15, 0.2) is 15.6 Å². The third kappa shape index (κ3) is 5.52. The molecule has 0 unspecified atom stereocenters. The summed E-state index contributed by atoms with van der Waals surface area (Å²) in [4.78, 5) is -0.144. The Hall–Kier alpha value is -4.71. The van der Waals surface area contributed by atoms with Gasteiger partial charge in [-0.25, -0.2) is 8.42 Å². The van der Waals surface area contributed by atoms with Crippen molar-refractivity contribution in [2.75, 3.05) is 32.3 Å². The van der Waals surface area contributed by atoms with Gasteiger partial charge in [0, 0.05) is 30.0 Å². The van der Waals surface area contributed by atoms with Crippen molar-refractivity contribution in [1.82, 2.24) is 0 Å². The van der Waals surface area contributed by atoms with Crippen molar-refractivity contribution in [2.45, 2.75) is 18.7 Å². The molecule has 0 aromatic heterocycles. The van der Waals surface area contributed by atoms with Crippen LogP contribution >= 0.6 is 0 Å². The van der Waals surface area contributed by atoms with E-state index in [1.165, 1.54) is 20.1 Å². The number of hydrogen-bond acceptors (Lipinski definition) is 11. The molecular weight excluding hydrogens is 534 g/mol. The van der Waals surface area contributed by atoms with E-state index in [4.69, 9.17) is 9.47 Å². The number of anilines is 1. The van der Waals surface area contributed by atoms with Gasteiger partial charge < -0.3 is 25.0 Å². The highest BCUT2D eigenvalue weighted by Gasteiger charge is 2.21. The molecule has 0 saturated heterocycles. The molecule has 3 N–H and O–H groups in total. The summed E-state index contributed by atoms with van der Waals surface area (Å²) in [6.07, 6.45) is 0. The molecule has 0 bridgehead atoms. The fraction of sp³-hybridized carbons (Fsp3) is 0.214. The highest BCUT2D eigenvalue weighted by atomic mass is 32.2. The summed E-state index contributed by atoms with van der Waals surface area (Å²) in [5.41, 5.74) is 2.88. The van der Waals surface area contributed by atoms with Crippen molar-refractivity contribution in [3.05, 3.63) is 60.2 Å². The average Bonchev–Trinajstić information content (AvgIpc) is 2.96. The van der Waals surface area contributed by atoms with E-state index in [1.807, 2.05) is 19.1 Å². The quantitative estimate of drug-likeness (QED) is 0.181. The molecule has 0 heterocycles. The van der Waals surface area contributed by atoms with E-state index in [0.29, 0.717) is 27.8 Å². The largest absolute Gasteiger partial charge is 0.506 e. The highest BCUT2D eigenvalue weighted by molar-refractivity contribution is 7.91. The van der Waals surface area contributed by atoms with Crippen molar-refractivity contribution in [1.29, 1.82) is 0 Å². The van der Waals surface area contributed by atoms with E-state index in [9.17, 15) is 18.6 Å². The molecule has 0 fully saturated rings. The second-order valence-electron chi connectivity index (χ2n) is 8.69. The summed E-state index contributed by atoms with van der Waals surface area (Å²) >= 11 is 0. The van der Waals surface area contributed by atoms with Crippen molar-refractivity contribution in [2.24, 2.45) is 20.5 Å². The number of benzene rings is 4. The summed E-state index contributed by atoms with van der Waals surface area (Å²) in [7, 11) is 1.04. The minimum Gasteiger partial charge on any atom is -0.506 e. The van der Waals surface area contributed by atoms with Crippen LogP contribution in [0.25, 0.3) is 10.8 Å². The number of aryl methyl sites for hydroxylation is 1. The normalized spacial score (nSPS) is 11.9. The van der Waals surface area contributed by atoms with Gasteiger partial charge in [-0.05, 0) is 55.0 Å². The monoisotopic (exact) mass is 563 g/mol. The fourth-order valence-corrected chi connectivity index (χ4v) is 5.06. The summed E-state index contributed by atoms with van der Waals surface area (Å²) in [5, 5.41) is 42.6. The maximum atomic E-state index is 12.3. The Kier molecular flexibility index (Phi) is 8.19. The minimum absolute atomic E-state index is 0.0260. The number of nitrogens with one attached hydrogen (secondary N) is 1. The Bertz CT molecular complexity index is 1750. The van der Waals surface area contributed by atoms with E-state index < -0.39 is 15.6 Å². The maximum absolute atomic E-state index is 12.3. The number of nitrogens with zero attached hydrogens (tertiary/aromatic N) is 4. The van der Waals surface area contributed by atoms with Crippen molar-refractivity contribution in [3.8, 4) is 23.0 Å². The van der Waals surface area contributed by atoms with E-state index in [-0.39, 0.29) is 33.5 Å². The lowest BCUT2D eigenvalue weighted by atomic mass is 10.1. The lowest BCUT2D eigenvalue weighted by Gasteiger charge is -2.11. The number of ether oxygens (including phenoxy) is 2. The first-order valence-corrected chi connectivity index (χ1v) is 13.9. The number of methoxy groups -OCH3 is 2. The zero-order valence-corrected chi connectivity index (χ0v) is 23.4. The van der Waals surface area contributed by atoms with Gasteiger partial charge in [-0.3, -0.25) is 0 Å². The molecule has 0 aliphatic heterocycles. The van der Waals surface area contributed by atoms with Crippen LogP contribution in [0, 0.1) is 6.92 Å². The molecule has 0 amide bonds. The third-order valence-electron chi connectivity index (χ3n) is 6.30. The molecule has 0 atom stereocenters. The van der Waals surface area contributed by atoms with Crippen LogP contribution in [-0.2, 0) is 9.84 Å². The van der Waals surface area contributed by atoms with Gasteiger partial charge in [-0.1, -0.05) is 6.92 Å². The Morgan fingerprint density at radius 3 is 2.15 bits per heavy atom. The smallest absolute Gasteiger partial charge is 0.181 e. The predicted octanol–water partition coefficient (Wildman–Crippen LogP) is 7.24. The molecule has 4 rings (SSSR count). The molecule has 0 radical (unpaired) electrons. The molecule has 4 aromatic carbocycles. The summed E-state index contributed by atoms with van der Waals surface area (Å²) in [6, 6.07) is 14.6. The zero-order chi connectivity index (χ0) is 29.0. The van der Waals surface area contributed by atoms with E-state index >= 15 is 0 Å². The van der Waals surface area contributed by atoms with E-state index in [2.05, 4.69) is 25.8 Å². The number of hydrogen-bond donors (Lipinski definition) is 3. The molecule has 208 valence electrons. The van der Waals surface area contributed by atoms with Crippen molar-refractivity contribution >= 4 is 49.0 Å². The van der Waals surface area contributed by atoms with Crippen LogP contribution in [0.15, 0.2) is 79.9 Å². The van der Waals surface area contributed by atoms with Gasteiger partial charge in [0.2, 0.25) is 0 Å². The highest BCUT2D eigenvalue weighted by Crippen LogP contribution is 2.44. The molecular formula is C28H29N5O6S. The molecule has 11 nitrogen and oxygen atoms in total. The fourth-order valence-electron chi connectivity index (χ4n) is 4.01. The maximum Gasteiger partial charge on any atom is 0.181 e. The Balaban J connectivity index is 1.74. The Labute approximate surface area is 231 Å². The van der Waals surface area contributed by atoms with Crippen LogP contribution in [0.3, 0.4) is 0 Å². The van der Waals surface area contributed by atoms with Crippen LogP contribution in [0.4, 0.5) is 28.4 Å². The van der Waals surface area contributed by atoms with Gasteiger partial charge in [-0.2, -0.15) is 5.11 Å². The van der Waals surface area contributed by atoms with Crippen molar-refractivity contribution < 1.29 is 28.1 Å². The number of azo groups is 2. The Morgan fingerprint density at radius 2 is 1.50 bits per heavy atom. The van der Waals surface area contributed by atoms with Gasteiger partial charge in [0.1, 0.15) is 39.2 Å². The van der Waals surface area contributed by atoms with Crippen LogP contribution < -0.4 is 14.8 Å². The second-order valence-corrected chi connectivity index (χ2v) is 10.9. The first-order chi connectivity index (χ1) is 19.1. The average molecular weight is 564 g/mol. The van der Waals surface area contributed by atoms with Crippen LogP contribution in [0.5, 0.6) is 23.0 Å². The lowest BCUT2D eigenvalue weighted by molar-refractivity contribution is 0.399. The van der Waals surface area contributed by atoms with Gasteiger partial charge in [0.05, 0.1) is 31.3 Å². The molecule has 4 aromatic rings. The molecule has 0 saturated carbocycles. The minimum atomic E-state index is -3.64. The molecule has 0 aliphatic rings. The number of phenols is 2. The molecule has 0 aliphatic carbocycles. The summed E-state index contributed by atoms with van der Waals surface area (Å²) in [5.74, 6) is 0.0334. The van der Waals surface area contributed by atoms with E-state index in [0.717, 1.165) is 17.4 Å². The SMILES string of the molecule is CCS(=O)(=O)c1cc(O)c(/N=N/c2ccc3c(/N=N/c4ccc(OC)cc4C)c(NC)ccc3c2O)cc1OC. The topological polar surface area (TPSA) is 155 Å². The zero-order valence-electron chi connectivity index (χ0n) is 22.6. The number of sulfone groups is 1. The number of phenolic OH excluding ortho intramolecular Hbond substituents is 2. The van der Waals surface area contributed by atoms with Crippen LogP contribution in [-0.4, -0.2) is 45.7 Å². The molecule has 12 heteroatoms. The number of fused-ring (bicyclic) bond motifs is 1. The summed E-state index contributed by atoms with van der Waals surface area (Å²) < 4.78 is 35.1. The first kappa shape index (κ1) is 28.3. The first-order valence-electron chi connectivity index (χ1n) is 12.2. The number of rotatable bonds is 9. The molecule has 0 spiro atoms. The van der Waals surface area contributed by atoms with Crippen LogP contribution in [0.2, 0.25) is 0 Å². The van der Waals surface area contributed by atoms with Gasteiger partial charge in [0.25, 0.3) is 0 Å². The standard InChI is InChI=1S/C28H29N5O6S/c1-6-40(36,37)26-15-24(34)23(14-25(26)39-5)32-31-22-12-8-18-19(28(22)35)9-11-21(29-3)27(18)33-30-20-10-7-17(38-4)13-16(20)2/h7-15,29,34-35H,6H2,1-5H3/b32-31+,33-30+. The summed E-state index contributed by atoms with van der Waals surface area (Å²) in [6.45, 7) is 3.40. The van der Waals surface area contributed by atoms with Crippen LogP contribution in [0.1, 0.15) is 12.5 Å². The molecule has 40 heavy (non-hydrogen) atoms. The van der Waals surface area contributed by atoms with E-state index in [1.54, 1.807) is 44.5 Å².